The number of morpholine rings is 1. The first-order valence-electron chi connectivity index (χ1n) is 9.18. The topological polar surface area (TPSA) is 56.2 Å². The van der Waals surface area contributed by atoms with Crippen molar-refractivity contribution in [3.63, 3.8) is 0 Å². The molecule has 2 aliphatic rings. The Morgan fingerprint density at radius 3 is 2.44 bits per heavy atom. The third-order valence-corrected chi connectivity index (χ3v) is 5.64. The second-order valence-corrected chi connectivity index (χ2v) is 6.99. The number of aliphatic hydroxyl groups is 1. The lowest BCUT2D eigenvalue weighted by Gasteiger charge is -2.40. The molecular formula is C20H26N2O3. The molecule has 5 heteroatoms. The van der Waals surface area contributed by atoms with Gasteiger partial charge < -0.3 is 19.8 Å². The van der Waals surface area contributed by atoms with Gasteiger partial charge in [0.2, 0.25) is 0 Å². The summed E-state index contributed by atoms with van der Waals surface area (Å²) in [5.74, 6) is 0.165. The van der Waals surface area contributed by atoms with Gasteiger partial charge in [0, 0.05) is 43.5 Å². The van der Waals surface area contributed by atoms with Gasteiger partial charge in [0.15, 0.2) is 0 Å². The van der Waals surface area contributed by atoms with Crippen molar-refractivity contribution in [2.24, 2.45) is 0 Å². The number of benzene rings is 2. The van der Waals surface area contributed by atoms with Crippen molar-refractivity contribution in [3.8, 4) is 5.75 Å². The molecule has 2 N–H and O–H groups in total. The van der Waals surface area contributed by atoms with Gasteiger partial charge in [-0.25, -0.2) is 0 Å². The van der Waals surface area contributed by atoms with Crippen LogP contribution in [0.2, 0.25) is 0 Å². The number of fused-ring (bicyclic) bond motifs is 1. The number of piperidine rings is 1. The minimum Gasteiger partial charge on any atom is -0.508 e. The van der Waals surface area contributed by atoms with E-state index in [9.17, 15) is 10.2 Å². The average molecular weight is 342 g/mol. The van der Waals surface area contributed by atoms with Crippen molar-refractivity contribution in [3.05, 3.63) is 35.9 Å². The molecule has 25 heavy (non-hydrogen) atoms. The highest BCUT2D eigenvalue weighted by atomic mass is 16.5. The molecule has 4 rings (SSSR count). The lowest BCUT2D eigenvalue weighted by Crippen LogP contribution is -2.49. The van der Waals surface area contributed by atoms with E-state index in [2.05, 4.69) is 28.0 Å². The van der Waals surface area contributed by atoms with Gasteiger partial charge in [-0.2, -0.15) is 0 Å². The van der Waals surface area contributed by atoms with Crippen LogP contribution in [0.4, 0.5) is 5.69 Å². The van der Waals surface area contributed by atoms with Crippen molar-refractivity contribution >= 4 is 16.5 Å². The fourth-order valence-corrected chi connectivity index (χ4v) is 4.15. The Labute approximate surface area is 148 Å². The van der Waals surface area contributed by atoms with E-state index in [0.29, 0.717) is 11.6 Å². The van der Waals surface area contributed by atoms with Gasteiger partial charge >= 0.3 is 0 Å². The monoisotopic (exact) mass is 342 g/mol. The molecule has 0 aliphatic carbocycles. The first-order chi connectivity index (χ1) is 12.3. The van der Waals surface area contributed by atoms with Crippen molar-refractivity contribution < 1.29 is 14.9 Å². The highest BCUT2D eigenvalue weighted by molar-refractivity contribution is 5.90. The van der Waals surface area contributed by atoms with Crippen LogP contribution in [0.25, 0.3) is 10.8 Å². The molecule has 2 aromatic rings. The molecule has 0 aromatic heterocycles. The summed E-state index contributed by atoms with van der Waals surface area (Å²) >= 11 is 0. The van der Waals surface area contributed by atoms with E-state index in [1.807, 2.05) is 6.07 Å². The van der Waals surface area contributed by atoms with Crippen LogP contribution in [-0.4, -0.2) is 60.5 Å². The van der Waals surface area contributed by atoms with E-state index < -0.39 is 0 Å². The maximum absolute atomic E-state index is 10.00. The second-order valence-electron chi connectivity index (χ2n) is 6.99. The van der Waals surface area contributed by atoms with Gasteiger partial charge in [0.1, 0.15) is 5.75 Å². The zero-order valence-corrected chi connectivity index (χ0v) is 14.5. The molecule has 2 saturated heterocycles. The Bertz CT molecular complexity index is 735. The Kier molecular flexibility index (Phi) is 4.79. The Morgan fingerprint density at radius 2 is 1.72 bits per heavy atom. The van der Waals surface area contributed by atoms with E-state index >= 15 is 0 Å². The molecule has 5 nitrogen and oxygen atoms in total. The second kappa shape index (κ2) is 7.20. The number of aliphatic hydroxyl groups excluding tert-OH is 1. The van der Waals surface area contributed by atoms with Crippen LogP contribution in [0.5, 0.6) is 5.75 Å². The molecule has 0 spiro atoms. The van der Waals surface area contributed by atoms with Gasteiger partial charge in [-0.3, -0.25) is 4.90 Å². The minimum absolute atomic E-state index is 0.147. The number of anilines is 1. The Morgan fingerprint density at radius 1 is 1.00 bits per heavy atom. The molecular weight excluding hydrogens is 316 g/mol. The zero-order valence-electron chi connectivity index (χ0n) is 14.5. The fourth-order valence-electron chi connectivity index (χ4n) is 4.15. The van der Waals surface area contributed by atoms with Crippen LogP contribution >= 0.6 is 0 Å². The molecule has 2 aliphatic heterocycles. The number of aromatic hydroxyl groups is 1. The highest BCUT2D eigenvalue weighted by Crippen LogP contribution is 2.32. The lowest BCUT2D eigenvalue weighted by atomic mass is 10.00. The molecule has 0 unspecified atom stereocenters. The summed E-state index contributed by atoms with van der Waals surface area (Å²) in [6, 6.07) is 10.6. The normalized spacial score (nSPS) is 20.3. The molecule has 2 aromatic carbocycles. The van der Waals surface area contributed by atoms with E-state index in [1.165, 1.54) is 18.5 Å². The third kappa shape index (κ3) is 3.32. The van der Waals surface area contributed by atoms with Crippen LogP contribution < -0.4 is 4.90 Å². The van der Waals surface area contributed by atoms with Crippen LogP contribution in [0.15, 0.2) is 30.3 Å². The maximum atomic E-state index is 10.00. The summed E-state index contributed by atoms with van der Waals surface area (Å²) in [5.41, 5.74) is 1.79. The smallest absolute Gasteiger partial charge is 0.121 e. The van der Waals surface area contributed by atoms with E-state index in [-0.39, 0.29) is 12.4 Å². The number of phenols is 1. The first kappa shape index (κ1) is 16.6. The quantitative estimate of drug-likeness (QED) is 0.897. The molecule has 2 fully saturated rings. The molecule has 0 amide bonds. The van der Waals surface area contributed by atoms with Gasteiger partial charge in [-0.1, -0.05) is 12.1 Å². The summed E-state index contributed by atoms with van der Waals surface area (Å²) in [6.45, 7) is 5.77. The summed E-state index contributed by atoms with van der Waals surface area (Å²) in [6.07, 6.45) is 2.34. The number of rotatable bonds is 3. The fraction of sp³-hybridized carbons (Fsp3) is 0.500. The van der Waals surface area contributed by atoms with Gasteiger partial charge in [-0.15, -0.1) is 0 Å². The molecule has 2 heterocycles. The number of nitrogens with zero attached hydrogens (tertiary/aromatic N) is 2. The van der Waals surface area contributed by atoms with E-state index in [0.717, 1.165) is 50.2 Å². The maximum Gasteiger partial charge on any atom is 0.121 e. The van der Waals surface area contributed by atoms with Crippen LogP contribution in [-0.2, 0) is 11.3 Å². The van der Waals surface area contributed by atoms with Crippen molar-refractivity contribution in [1.82, 2.24) is 4.90 Å². The van der Waals surface area contributed by atoms with E-state index in [1.54, 1.807) is 6.07 Å². The molecule has 0 bridgehead atoms. The third-order valence-electron chi connectivity index (χ3n) is 5.64. The van der Waals surface area contributed by atoms with Gasteiger partial charge in [0.25, 0.3) is 0 Å². The molecule has 134 valence electrons. The number of ether oxygens (including phenoxy) is 1. The predicted octanol–water partition coefficient (Wildman–Crippen LogP) is 2.34. The van der Waals surface area contributed by atoms with Gasteiger partial charge in [0.05, 0.1) is 19.8 Å². The predicted molar refractivity (Wildman–Crippen MR) is 99.2 cm³/mol. The summed E-state index contributed by atoms with van der Waals surface area (Å²) in [7, 11) is 0. The average Bonchev–Trinajstić information content (AvgIpc) is 2.68. The zero-order chi connectivity index (χ0) is 17.2. The SMILES string of the molecule is OCc1c(O)ccc2ccc(N3CCC(N4CCOCC4)CC3)cc12. The van der Waals surface area contributed by atoms with Crippen LogP contribution in [0, 0.1) is 0 Å². The highest BCUT2D eigenvalue weighted by Gasteiger charge is 2.26. The van der Waals surface area contributed by atoms with E-state index in [4.69, 9.17) is 4.74 Å². The number of hydrogen-bond acceptors (Lipinski definition) is 5. The molecule has 0 radical (unpaired) electrons. The van der Waals surface area contributed by atoms with Crippen molar-refractivity contribution in [2.45, 2.75) is 25.5 Å². The number of hydrogen-bond donors (Lipinski definition) is 2. The first-order valence-corrected chi connectivity index (χ1v) is 9.18. The van der Waals surface area contributed by atoms with Gasteiger partial charge in [-0.05, 0) is 41.8 Å². The lowest BCUT2D eigenvalue weighted by molar-refractivity contribution is 0.0115. The molecule has 0 saturated carbocycles. The summed E-state index contributed by atoms with van der Waals surface area (Å²) < 4.78 is 5.46. The molecule has 0 atom stereocenters. The Balaban J connectivity index is 1.51. The summed E-state index contributed by atoms with van der Waals surface area (Å²) in [4.78, 5) is 4.99. The largest absolute Gasteiger partial charge is 0.508 e. The standard InChI is InChI=1S/C20H26N2O3/c23-14-19-18-13-17(3-1-15(18)2-4-20(19)24)21-7-5-16(6-8-21)22-9-11-25-12-10-22/h1-4,13,16,23-24H,5-12,14H2. The summed E-state index contributed by atoms with van der Waals surface area (Å²) in [5, 5.41) is 21.6. The van der Waals surface area contributed by atoms with Crippen LogP contribution in [0.3, 0.4) is 0 Å². The van der Waals surface area contributed by atoms with Crippen LogP contribution in [0.1, 0.15) is 18.4 Å². The minimum atomic E-state index is -0.147. The Hall–Kier alpha value is -1.82. The van der Waals surface area contributed by atoms with Crippen molar-refractivity contribution in [2.75, 3.05) is 44.3 Å². The van der Waals surface area contributed by atoms with Crippen molar-refractivity contribution in [1.29, 1.82) is 0 Å².